The molecule has 0 amide bonds. The van der Waals surface area contributed by atoms with Crippen LogP contribution >= 0.6 is 0 Å². The highest BCUT2D eigenvalue weighted by Crippen LogP contribution is 2.37. The fourth-order valence-corrected chi connectivity index (χ4v) is 4.97. The summed E-state index contributed by atoms with van der Waals surface area (Å²) in [6.45, 7) is 5.67. The quantitative estimate of drug-likeness (QED) is 0.672. The highest BCUT2D eigenvalue weighted by Gasteiger charge is 2.36. The molecule has 1 aliphatic carbocycles. The molecular formula is C21H22FN7. The molecule has 8 heteroatoms. The third kappa shape index (κ3) is 2.50. The Kier molecular flexibility index (Phi) is 3.54. The van der Waals surface area contributed by atoms with Gasteiger partial charge in [-0.3, -0.25) is 9.58 Å². The monoisotopic (exact) mass is 391 g/mol. The van der Waals surface area contributed by atoms with Gasteiger partial charge >= 0.3 is 0 Å². The highest BCUT2D eigenvalue weighted by atomic mass is 19.1. The number of hydrogen-bond acceptors (Lipinski definition) is 5. The second-order valence-corrected chi connectivity index (χ2v) is 8.47. The van der Waals surface area contributed by atoms with Crippen LogP contribution in [0, 0.1) is 17.1 Å². The summed E-state index contributed by atoms with van der Waals surface area (Å²) >= 11 is 0. The van der Waals surface area contributed by atoms with E-state index in [4.69, 9.17) is 5.10 Å². The third-order valence-electron chi connectivity index (χ3n) is 6.55. The fourth-order valence-electron chi connectivity index (χ4n) is 4.97. The van der Waals surface area contributed by atoms with Crippen LogP contribution in [0.1, 0.15) is 48.5 Å². The first kappa shape index (κ1) is 17.0. The van der Waals surface area contributed by atoms with Crippen molar-refractivity contribution in [1.82, 2.24) is 24.3 Å². The van der Waals surface area contributed by atoms with Crippen LogP contribution in [0.3, 0.4) is 0 Å². The molecule has 3 aromatic heterocycles. The largest absolute Gasteiger partial charge is 0.362 e. The number of fused-ring (bicyclic) bond motifs is 4. The summed E-state index contributed by atoms with van der Waals surface area (Å²) in [6.07, 6.45) is 4.82. The molecule has 0 spiro atoms. The number of hydrogen-bond donors (Lipinski definition) is 0. The summed E-state index contributed by atoms with van der Waals surface area (Å²) in [6, 6.07) is 6.60. The van der Waals surface area contributed by atoms with Crippen LogP contribution in [-0.2, 0) is 19.5 Å². The van der Waals surface area contributed by atoms with Crippen LogP contribution < -0.4 is 4.90 Å². The lowest BCUT2D eigenvalue weighted by Gasteiger charge is -2.35. The van der Waals surface area contributed by atoms with E-state index in [1.54, 1.807) is 6.07 Å². The number of rotatable bonds is 2. The maximum atomic E-state index is 14.6. The first-order valence-electron chi connectivity index (χ1n) is 10.3. The van der Waals surface area contributed by atoms with Crippen molar-refractivity contribution in [1.29, 1.82) is 5.26 Å². The van der Waals surface area contributed by atoms with Crippen LogP contribution in [0.4, 0.5) is 10.1 Å². The molecule has 1 fully saturated rings. The van der Waals surface area contributed by atoms with Gasteiger partial charge in [-0.05, 0) is 31.9 Å². The van der Waals surface area contributed by atoms with E-state index in [1.165, 1.54) is 40.5 Å². The Hall–Kier alpha value is -2.92. The molecule has 1 atom stereocenters. The molecule has 0 N–H and O–H groups in total. The minimum absolute atomic E-state index is 0.195. The summed E-state index contributed by atoms with van der Waals surface area (Å²) in [5.41, 5.74) is 5.32. The smallest absolute Gasteiger partial charge is 0.171 e. The predicted molar refractivity (Wildman–Crippen MR) is 105 cm³/mol. The molecule has 29 heavy (non-hydrogen) atoms. The molecule has 0 unspecified atom stereocenters. The van der Waals surface area contributed by atoms with Gasteiger partial charge in [0.2, 0.25) is 0 Å². The van der Waals surface area contributed by atoms with E-state index in [9.17, 15) is 9.65 Å². The minimum Gasteiger partial charge on any atom is -0.362 e. The average molecular weight is 391 g/mol. The lowest BCUT2D eigenvalue weighted by molar-refractivity contribution is 0.242. The third-order valence-corrected chi connectivity index (χ3v) is 6.55. The molecular weight excluding hydrogens is 369 g/mol. The number of pyridine rings is 1. The highest BCUT2D eigenvalue weighted by molar-refractivity contribution is 5.75. The van der Waals surface area contributed by atoms with Gasteiger partial charge in [0.25, 0.3) is 0 Å². The summed E-state index contributed by atoms with van der Waals surface area (Å²) < 4.78 is 18.2. The zero-order valence-electron chi connectivity index (χ0n) is 16.3. The van der Waals surface area contributed by atoms with E-state index in [0.717, 1.165) is 37.8 Å². The average Bonchev–Trinajstić information content (AvgIpc) is 3.42. The zero-order chi connectivity index (χ0) is 19.7. The van der Waals surface area contributed by atoms with Crippen molar-refractivity contribution >= 4 is 11.2 Å². The number of halogens is 1. The lowest BCUT2D eigenvalue weighted by atomic mass is 10.0. The van der Waals surface area contributed by atoms with Gasteiger partial charge in [-0.2, -0.15) is 15.5 Å². The van der Waals surface area contributed by atoms with Crippen molar-refractivity contribution in [3.05, 3.63) is 46.8 Å². The SMILES string of the molecule is C[C@@H]1CN(c2ccc(C#N)n3ncc(F)c23)Cc2c3c(nn21)CCN(C1CC1)C3. The number of anilines is 1. The van der Waals surface area contributed by atoms with Gasteiger partial charge in [-0.15, -0.1) is 0 Å². The molecule has 2 aliphatic heterocycles. The van der Waals surface area contributed by atoms with Gasteiger partial charge in [-0.25, -0.2) is 8.91 Å². The molecule has 6 rings (SSSR count). The van der Waals surface area contributed by atoms with Crippen LogP contribution in [0.2, 0.25) is 0 Å². The maximum absolute atomic E-state index is 14.6. The molecule has 3 aliphatic rings. The Labute approximate surface area is 167 Å². The van der Waals surface area contributed by atoms with Gasteiger partial charge in [-0.1, -0.05) is 0 Å². The van der Waals surface area contributed by atoms with Gasteiger partial charge in [0.15, 0.2) is 5.82 Å². The molecule has 5 heterocycles. The van der Waals surface area contributed by atoms with Gasteiger partial charge in [0.1, 0.15) is 17.3 Å². The standard InChI is InChI=1S/C21H22FN7/c1-13-10-27(19-5-4-15(8-23)29-21(19)17(22)9-24-29)12-20-16-11-26(14-2-3-14)7-6-18(16)25-28(13)20/h4-5,9,13-14H,2-3,6-7,10-12H2,1H3/t13-/m1/s1. The van der Waals surface area contributed by atoms with Crippen molar-refractivity contribution in [2.75, 3.05) is 18.0 Å². The zero-order valence-corrected chi connectivity index (χ0v) is 16.3. The molecule has 0 saturated heterocycles. The first-order chi connectivity index (χ1) is 14.1. The Morgan fingerprint density at radius 1 is 1.24 bits per heavy atom. The van der Waals surface area contributed by atoms with E-state index in [-0.39, 0.29) is 6.04 Å². The van der Waals surface area contributed by atoms with Crippen LogP contribution in [0.25, 0.3) is 5.52 Å². The molecule has 7 nitrogen and oxygen atoms in total. The molecule has 0 radical (unpaired) electrons. The van der Waals surface area contributed by atoms with Crippen molar-refractivity contribution < 1.29 is 4.39 Å². The van der Waals surface area contributed by atoms with Crippen LogP contribution in [0.5, 0.6) is 0 Å². The summed E-state index contributed by atoms with van der Waals surface area (Å²) in [4.78, 5) is 4.80. The van der Waals surface area contributed by atoms with E-state index in [0.29, 0.717) is 17.8 Å². The normalized spacial score (nSPS) is 21.8. The van der Waals surface area contributed by atoms with Crippen molar-refractivity contribution in [3.63, 3.8) is 0 Å². The minimum atomic E-state index is -0.397. The molecule has 0 aromatic carbocycles. The Morgan fingerprint density at radius 3 is 2.90 bits per heavy atom. The van der Waals surface area contributed by atoms with E-state index in [1.807, 2.05) is 6.07 Å². The van der Waals surface area contributed by atoms with E-state index >= 15 is 0 Å². The Balaban J connectivity index is 1.42. The van der Waals surface area contributed by atoms with Gasteiger partial charge in [0, 0.05) is 37.7 Å². The summed E-state index contributed by atoms with van der Waals surface area (Å²) in [5.74, 6) is -0.397. The van der Waals surface area contributed by atoms with Crippen LogP contribution in [0.15, 0.2) is 18.3 Å². The second-order valence-electron chi connectivity index (χ2n) is 8.47. The number of aromatic nitrogens is 4. The van der Waals surface area contributed by atoms with Crippen molar-refractivity contribution in [2.45, 2.75) is 51.4 Å². The number of nitrogens with zero attached hydrogens (tertiary/aromatic N) is 7. The summed E-state index contributed by atoms with van der Waals surface area (Å²) in [7, 11) is 0. The van der Waals surface area contributed by atoms with Crippen LogP contribution in [-0.4, -0.2) is 43.4 Å². The maximum Gasteiger partial charge on any atom is 0.171 e. The molecule has 0 bridgehead atoms. The second kappa shape index (κ2) is 6.04. The first-order valence-corrected chi connectivity index (χ1v) is 10.3. The molecule has 1 saturated carbocycles. The fraction of sp³-hybridized carbons (Fsp3) is 0.476. The van der Waals surface area contributed by atoms with Crippen molar-refractivity contribution in [3.8, 4) is 6.07 Å². The molecule has 148 valence electrons. The number of nitriles is 1. The Morgan fingerprint density at radius 2 is 2.10 bits per heavy atom. The van der Waals surface area contributed by atoms with E-state index in [2.05, 4.69) is 32.6 Å². The van der Waals surface area contributed by atoms with Gasteiger partial charge < -0.3 is 4.90 Å². The predicted octanol–water partition coefficient (Wildman–Crippen LogP) is 2.64. The topological polar surface area (TPSA) is 65.4 Å². The van der Waals surface area contributed by atoms with E-state index < -0.39 is 5.82 Å². The van der Waals surface area contributed by atoms with Crippen molar-refractivity contribution in [2.24, 2.45) is 0 Å². The Bertz CT molecular complexity index is 1170. The molecule has 3 aromatic rings. The summed E-state index contributed by atoms with van der Waals surface area (Å²) in [5, 5.41) is 18.3. The lowest BCUT2D eigenvalue weighted by Crippen LogP contribution is -2.38. The van der Waals surface area contributed by atoms with Gasteiger partial charge in [0.05, 0.1) is 35.9 Å².